The Bertz CT molecular complexity index is 941. The first-order valence-electron chi connectivity index (χ1n) is 7.53. The van der Waals surface area contributed by atoms with E-state index in [0.29, 0.717) is 24.0 Å². The Labute approximate surface area is 138 Å². The highest BCUT2D eigenvalue weighted by molar-refractivity contribution is 5.57. The van der Waals surface area contributed by atoms with Gasteiger partial charge in [0.1, 0.15) is 5.69 Å². The molecule has 2 heterocycles. The number of nitrogens with zero attached hydrogens (tertiary/aromatic N) is 4. The summed E-state index contributed by atoms with van der Waals surface area (Å²) in [6.45, 7) is 0.701. The third-order valence-electron chi connectivity index (χ3n) is 3.66. The van der Waals surface area contributed by atoms with E-state index in [-0.39, 0.29) is 0 Å². The zero-order valence-corrected chi connectivity index (χ0v) is 12.8. The molecular formula is C18H15N5O. The van der Waals surface area contributed by atoms with Crippen molar-refractivity contribution in [2.75, 3.05) is 5.73 Å². The van der Waals surface area contributed by atoms with E-state index in [1.807, 2.05) is 65.4 Å². The third kappa shape index (κ3) is 2.89. The van der Waals surface area contributed by atoms with Crippen LogP contribution in [-0.4, -0.2) is 19.7 Å². The lowest BCUT2D eigenvalue weighted by molar-refractivity contribution is 0.431. The average Bonchev–Trinajstić information content (AvgIpc) is 3.27. The maximum atomic E-state index is 5.70. The monoisotopic (exact) mass is 317 g/mol. The van der Waals surface area contributed by atoms with Crippen LogP contribution in [0.3, 0.4) is 0 Å². The molecule has 2 aromatic carbocycles. The summed E-state index contributed by atoms with van der Waals surface area (Å²) < 4.78 is 7.30. The van der Waals surface area contributed by atoms with Crippen molar-refractivity contribution < 1.29 is 4.52 Å². The van der Waals surface area contributed by atoms with Crippen molar-refractivity contribution in [1.29, 1.82) is 0 Å². The second-order valence-corrected chi connectivity index (χ2v) is 5.46. The van der Waals surface area contributed by atoms with Crippen LogP contribution >= 0.6 is 0 Å². The molecule has 0 aliphatic rings. The summed E-state index contributed by atoms with van der Waals surface area (Å²) in [6.07, 6.45) is 3.64. The second kappa shape index (κ2) is 6.00. The number of imidazole rings is 1. The lowest BCUT2D eigenvalue weighted by Crippen LogP contribution is -1.96. The van der Waals surface area contributed by atoms with Crippen LogP contribution in [0, 0.1) is 0 Å². The summed E-state index contributed by atoms with van der Waals surface area (Å²) in [5.74, 6) is 0.962. The molecule has 0 saturated heterocycles. The van der Waals surface area contributed by atoms with E-state index in [1.165, 1.54) is 0 Å². The summed E-state index contributed by atoms with van der Waals surface area (Å²) >= 11 is 0. The summed E-state index contributed by atoms with van der Waals surface area (Å²) in [5, 5.41) is 4.02. The minimum Gasteiger partial charge on any atom is -0.399 e. The number of rotatable bonds is 4. The van der Waals surface area contributed by atoms with E-state index in [2.05, 4.69) is 15.1 Å². The van der Waals surface area contributed by atoms with Crippen LogP contribution in [0.15, 0.2) is 71.6 Å². The molecule has 0 radical (unpaired) electrons. The molecule has 6 nitrogen and oxygen atoms in total. The minimum absolute atomic E-state index is 0.407. The van der Waals surface area contributed by atoms with Crippen molar-refractivity contribution in [2.45, 2.75) is 6.54 Å². The van der Waals surface area contributed by atoms with Crippen molar-refractivity contribution in [3.8, 4) is 23.0 Å². The zero-order valence-electron chi connectivity index (χ0n) is 12.8. The van der Waals surface area contributed by atoms with Crippen molar-refractivity contribution >= 4 is 5.69 Å². The normalized spacial score (nSPS) is 10.8. The summed E-state index contributed by atoms with van der Waals surface area (Å²) in [4.78, 5) is 8.76. The molecule has 0 saturated carbocycles. The molecule has 4 aromatic rings. The standard InChI is InChI=1S/C18H15N5O/c19-15-8-6-13(7-9-15)10-23-11-16(20-12-23)18-21-17(22-24-18)14-4-2-1-3-5-14/h1-9,11-12H,10,19H2. The Morgan fingerprint density at radius 2 is 1.79 bits per heavy atom. The molecule has 118 valence electrons. The number of nitrogens with two attached hydrogens (primary N) is 1. The van der Waals surface area contributed by atoms with Crippen LogP contribution < -0.4 is 5.73 Å². The SMILES string of the molecule is Nc1ccc(Cn2cnc(-c3nc(-c4ccccc4)no3)c2)cc1. The topological polar surface area (TPSA) is 82.8 Å². The maximum Gasteiger partial charge on any atom is 0.278 e. The van der Waals surface area contributed by atoms with Gasteiger partial charge in [-0.1, -0.05) is 47.6 Å². The fraction of sp³-hybridized carbons (Fsp3) is 0.0556. The molecule has 0 atom stereocenters. The van der Waals surface area contributed by atoms with Gasteiger partial charge in [-0.25, -0.2) is 4.98 Å². The predicted octanol–water partition coefficient (Wildman–Crippen LogP) is 3.23. The van der Waals surface area contributed by atoms with Crippen molar-refractivity contribution in [1.82, 2.24) is 19.7 Å². The lowest BCUT2D eigenvalue weighted by atomic mass is 10.2. The van der Waals surface area contributed by atoms with Gasteiger partial charge in [0.05, 0.1) is 6.33 Å². The predicted molar refractivity (Wildman–Crippen MR) is 90.9 cm³/mol. The molecule has 24 heavy (non-hydrogen) atoms. The highest BCUT2D eigenvalue weighted by atomic mass is 16.5. The van der Waals surface area contributed by atoms with Crippen molar-refractivity contribution in [3.05, 3.63) is 72.7 Å². The van der Waals surface area contributed by atoms with Gasteiger partial charge in [-0.3, -0.25) is 0 Å². The molecule has 0 aliphatic carbocycles. The second-order valence-electron chi connectivity index (χ2n) is 5.46. The Morgan fingerprint density at radius 1 is 1.00 bits per heavy atom. The highest BCUT2D eigenvalue weighted by Crippen LogP contribution is 2.21. The van der Waals surface area contributed by atoms with Crippen LogP contribution in [0.1, 0.15) is 5.56 Å². The fourth-order valence-corrected chi connectivity index (χ4v) is 2.42. The molecule has 0 amide bonds. The Hall–Kier alpha value is -3.41. The smallest absolute Gasteiger partial charge is 0.278 e. The van der Waals surface area contributed by atoms with Gasteiger partial charge in [0.25, 0.3) is 5.89 Å². The van der Waals surface area contributed by atoms with Gasteiger partial charge >= 0.3 is 0 Å². The van der Waals surface area contributed by atoms with E-state index in [9.17, 15) is 0 Å². The Balaban J connectivity index is 1.55. The van der Waals surface area contributed by atoms with Crippen LogP contribution in [0.4, 0.5) is 5.69 Å². The molecule has 0 spiro atoms. The number of anilines is 1. The van der Waals surface area contributed by atoms with E-state index < -0.39 is 0 Å². The van der Waals surface area contributed by atoms with Gasteiger partial charge in [-0.2, -0.15) is 4.98 Å². The van der Waals surface area contributed by atoms with Crippen LogP contribution in [0.2, 0.25) is 0 Å². The highest BCUT2D eigenvalue weighted by Gasteiger charge is 2.12. The molecule has 0 fully saturated rings. The van der Waals surface area contributed by atoms with Gasteiger partial charge in [-0.15, -0.1) is 0 Å². The van der Waals surface area contributed by atoms with Crippen LogP contribution in [0.5, 0.6) is 0 Å². The molecule has 0 aliphatic heterocycles. The molecule has 2 N–H and O–H groups in total. The fourth-order valence-electron chi connectivity index (χ4n) is 2.42. The number of hydrogen-bond acceptors (Lipinski definition) is 5. The largest absolute Gasteiger partial charge is 0.399 e. The molecule has 2 aromatic heterocycles. The van der Waals surface area contributed by atoms with Crippen LogP contribution in [-0.2, 0) is 6.54 Å². The number of benzene rings is 2. The first-order chi connectivity index (χ1) is 11.8. The zero-order chi connectivity index (χ0) is 16.4. The first-order valence-corrected chi connectivity index (χ1v) is 7.53. The van der Waals surface area contributed by atoms with Crippen molar-refractivity contribution in [2.24, 2.45) is 0 Å². The quantitative estimate of drug-likeness (QED) is 0.584. The third-order valence-corrected chi connectivity index (χ3v) is 3.66. The van der Waals surface area contributed by atoms with Crippen LogP contribution in [0.25, 0.3) is 23.0 Å². The van der Waals surface area contributed by atoms with E-state index in [4.69, 9.17) is 10.3 Å². The van der Waals surface area contributed by atoms with E-state index >= 15 is 0 Å². The van der Waals surface area contributed by atoms with Gasteiger partial charge in [0.2, 0.25) is 5.82 Å². The first kappa shape index (κ1) is 14.2. The molecule has 0 unspecified atom stereocenters. The van der Waals surface area contributed by atoms with Crippen molar-refractivity contribution in [3.63, 3.8) is 0 Å². The molecule has 6 heteroatoms. The van der Waals surface area contributed by atoms with Gasteiger partial charge < -0.3 is 14.8 Å². The number of hydrogen-bond donors (Lipinski definition) is 1. The lowest BCUT2D eigenvalue weighted by Gasteiger charge is -2.02. The summed E-state index contributed by atoms with van der Waals surface area (Å²) in [5.41, 5.74) is 9.16. The maximum absolute atomic E-state index is 5.70. The summed E-state index contributed by atoms with van der Waals surface area (Å²) in [7, 11) is 0. The summed E-state index contributed by atoms with van der Waals surface area (Å²) in [6, 6.07) is 17.5. The Morgan fingerprint density at radius 3 is 2.58 bits per heavy atom. The van der Waals surface area contributed by atoms with Gasteiger partial charge in [0, 0.05) is 24.0 Å². The Kier molecular flexibility index (Phi) is 3.55. The van der Waals surface area contributed by atoms with E-state index in [1.54, 1.807) is 6.33 Å². The van der Waals surface area contributed by atoms with Gasteiger partial charge in [-0.05, 0) is 17.7 Å². The molecular weight excluding hydrogens is 302 g/mol. The minimum atomic E-state index is 0.407. The molecule has 0 bridgehead atoms. The number of nitrogen functional groups attached to an aromatic ring is 1. The molecule has 4 rings (SSSR count). The van der Waals surface area contributed by atoms with Gasteiger partial charge in [0.15, 0.2) is 0 Å². The van der Waals surface area contributed by atoms with E-state index in [0.717, 1.165) is 16.8 Å². The average molecular weight is 317 g/mol. The number of aromatic nitrogens is 4.